The second kappa shape index (κ2) is 4.71. The second-order valence-electron chi connectivity index (χ2n) is 4.50. The van der Waals surface area contributed by atoms with Crippen LogP contribution in [-0.4, -0.2) is 24.8 Å². The highest BCUT2D eigenvalue weighted by Gasteiger charge is 2.35. The maximum atomic E-state index is 12.6. The van der Waals surface area contributed by atoms with Gasteiger partial charge in [-0.2, -0.15) is 4.31 Å². The average Bonchev–Trinajstić information content (AvgIpc) is 2.71. The van der Waals surface area contributed by atoms with E-state index in [-0.39, 0.29) is 12.1 Å². The van der Waals surface area contributed by atoms with Gasteiger partial charge in [-0.1, -0.05) is 35.9 Å². The molecule has 0 saturated heterocycles. The summed E-state index contributed by atoms with van der Waals surface area (Å²) in [5.74, 6) is 0. The molecular formula is C14H17NO2S. The van der Waals surface area contributed by atoms with Gasteiger partial charge in [-0.3, -0.25) is 0 Å². The van der Waals surface area contributed by atoms with E-state index in [1.807, 2.05) is 38.1 Å². The highest BCUT2D eigenvalue weighted by Crippen LogP contribution is 2.26. The summed E-state index contributed by atoms with van der Waals surface area (Å²) in [6, 6.07) is 6.52. The number of benzene rings is 1. The predicted molar refractivity (Wildman–Crippen MR) is 72.8 cm³/mol. The van der Waals surface area contributed by atoms with Crippen molar-refractivity contribution in [2.75, 3.05) is 0 Å². The summed E-state index contributed by atoms with van der Waals surface area (Å²) in [7, 11) is -3.47. The molecule has 1 heterocycles. The first-order chi connectivity index (χ1) is 8.46. The first-order valence-corrected chi connectivity index (χ1v) is 7.32. The van der Waals surface area contributed by atoms with E-state index in [1.54, 1.807) is 18.2 Å². The Morgan fingerprint density at radius 3 is 2.39 bits per heavy atom. The molecule has 3 nitrogen and oxygen atoms in total. The molecule has 2 rings (SSSR count). The summed E-state index contributed by atoms with van der Waals surface area (Å²) in [4.78, 5) is 0.329. The van der Waals surface area contributed by atoms with Crippen molar-refractivity contribution in [2.24, 2.45) is 0 Å². The zero-order valence-corrected chi connectivity index (χ0v) is 11.4. The lowest BCUT2D eigenvalue weighted by Gasteiger charge is -2.26. The van der Waals surface area contributed by atoms with Crippen LogP contribution in [0.15, 0.2) is 54.0 Å². The first kappa shape index (κ1) is 13.1. The lowest BCUT2D eigenvalue weighted by atomic mass is 10.2. The van der Waals surface area contributed by atoms with E-state index in [0.29, 0.717) is 4.90 Å². The van der Waals surface area contributed by atoms with Gasteiger partial charge in [-0.05, 0) is 26.0 Å². The molecule has 0 spiro atoms. The van der Waals surface area contributed by atoms with Crippen LogP contribution in [0, 0.1) is 6.92 Å². The van der Waals surface area contributed by atoms with Gasteiger partial charge in [0.2, 0.25) is 10.0 Å². The third-order valence-corrected chi connectivity index (χ3v) is 5.12. The summed E-state index contributed by atoms with van der Waals surface area (Å²) < 4.78 is 26.6. The second-order valence-corrected chi connectivity index (χ2v) is 6.34. The van der Waals surface area contributed by atoms with Crippen LogP contribution in [0.3, 0.4) is 0 Å². The minimum absolute atomic E-state index is 0.140. The van der Waals surface area contributed by atoms with Gasteiger partial charge < -0.3 is 0 Å². The van der Waals surface area contributed by atoms with Gasteiger partial charge in [0.25, 0.3) is 0 Å². The Labute approximate surface area is 108 Å². The monoisotopic (exact) mass is 263 g/mol. The van der Waals surface area contributed by atoms with E-state index in [2.05, 4.69) is 6.58 Å². The molecule has 0 N–H and O–H groups in total. The minimum Gasteiger partial charge on any atom is -0.207 e. The van der Waals surface area contributed by atoms with Crippen LogP contribution in [0.2, 0.25) is 0 Å². The Balaban J connectivity index is 2.42. The minimum atomic E-state index is -3.47. The van der Waals surface area contributed by atoms with E-state index in [1.165, 1.54) is 4.31 Å². The van der Waals surface area contributed by atoms with E-state index >= 15 is 0 Å². The van der Waals surface area contributed by atoms with Gasteiger partial charge in [-0.15, -0.1) is 6.58 Å². The van der Waals surface area contributed by atoms with Crippen molar-refractivity contribution in [3.8, 4) is 0 Å². The molecule has 18 heavy (non-hydrogen) atoms. The molecule has 0 bridgehead atoms. The number of sulfonamides is 1. The Bertz CT molecular complexity index is 572. The molecule has 0 amide bonds. The lowest BCUT2D eigenvalue weighted by molar-refractivity contribution is 0.388. The van der Waals surface area contributed by atoms with Crippen LogP contribution < -0.4 is 0 Å². The Kier molecular flexibility index (Phi) is 3.41. The van der Waals surface area contributed by atoms with Gasteiger partial charge in [0, 0.05) is 6.04 Å². The smallest absolute Gasteiger partial charge is 0.207 e. The molecule has 0 aliphatic carbocycles. The molecule has 1 aromatic carbocycles. The summed E-state index contributed by atoms with van der Waals surface area (Å²) in [5.41, 5.74) is 1.04. The quantitative estimate of drug-likeness (QED) is 0.786. The Hall–Kier alpha value is -1.39. The van der Waals surface area contributed by atoms with Crippen molar-refractivity contribution >= 4 is 10.0 Å². The van der Waals surface area contributed by atoms with Crippen LogP contribution in [0.25, 0.3) is 0 Å². The molecule has 0 fully saturated rings. The lowest BCUT2D eigenvalue weighted by Crippen LogP contribution is -2.39. The number of nitrogens with zero attached hydrogens (tertiary/aromatic N) is 1. The zero-order valence-electron chi connectivity index (χ0n) is 10.6. The third kappa shape index (κ3) is 2.13. The van der Waals surface area contributed by atoms with Crippen LogP contribution in [-0.2, 0) is 10.0 Å². The maximum Gasteiger partial charge on any atom is 0.244 e. The van der Waals surface area contributed by atoms with Crippen molar-refractivity contribution in [3.63, 3.8) is 0 Å². The fraction of sp³-hybridized carbons (Fsp3) is 0.286. The molecule has 4 heteroatoms. The third-order valence-electron chi connectivity index (χ3n) is 3.12. The molecule has 96 valence electrons. The number of hydrogen-bond donors (Lipinski definition) is 0. The van der Waals surface area contributed by atoms with Crippen LogP contribution in [0.4, 0.5) is 0 Å². The number of aryl methyl sites for hydroxylation is 1. The molecule has 1 aromatic rings. The average molecular weight is 263 g/mol. The summed E-state index contributed by atoms with van der Waals surface area (Å²) in [6.07, 6.45) is 5.40. The molecule has 1 aliphatic heterocycles. The highest BCUT2D eigenvalue weighted by atomic mass is 32.2. The Morgan fingerprint density at radius 1 is 1.22 bits per heavy atom. The highest BCUT2D eigenvalue weighted by molar-refractivity contribution is 7.89. The number of hydrogen-bond acceptors (Lipinski definition) is 2. The Morgan fingerprint density at radius 2 is 1.83 bits per heavy atom. The summed E-state index contributed by atoms with van der Waals surface area (Å²) in [6.45, 7) is 7.49. The molecule has 1 aliphatic rings. The molecule has 0 unspecified atom stereocenters. The molecule has 0 saturated carbocycles. The largest absolute Gasteiger partial charge is 0.244 e. The van der Waals surface area contributed by atoms with Crippen LogP contribution in [0.5, 0.6) is 0 Å². The fourth-order valence-electron chi connectivity index (χ4n) is 2.11. The summed E-state index contributed by atoms with van der Waals surface area (Å²) >= 11 is 0. The van der Waals surface area contributed by atoms with E-state index < -0.39 is 10.0 Å². The first-order valence-electron chi connectivity index (χ1n) is 5.88. The van der Waals surface area contributed by atoms with Crippen molar-refractivity contribution < 1.29 is 8.42 Å². The maximum absolute atomic E-state index is 12.6. The van der Waals surface area contributed by atoms with Crippen molar-refractivity contribution in [1.29, 1.82) is 0 Å². The van der Waals surface area contributed by atoms with Gasteiger partial charge >= 0.3 is 0 Å². The normalized spacial score (nSPS) is 24.3. The van der Waals surface area contributed by atoms with E-state index in [0.717, 1.165) is 5.56 Å². The van der Waals surface area contributed by atoms with E-state index in [9.17, 15) is 8.42 Å². The molecule has 2 atom stereocenters. The molecule has 0 radical (unpaired) electrons. The topological polar surface area (TPSA) is 37.4 Å². The van der Waals surface area contributed by atoms with Crippen molar-refractivity contribution in [3.05, 3.63) is 54.6 Å². The molecule has 0 aromatic heterocycles. The molecular weight excluding hydrogens is 246 g/mol. The van der Waals surface area contributed by atoms with Crippen LogP contribution >= 0.6 is 0 Å². The standard InChI is InChI=1S/C14H17NO2S/c1-4-13-8-7-12(3)15(13)18(16,17)14-9-5-11(2)6-10-14/h4-10,12-13H,1H2,2-3H3/t12-,13-/m1/s1. The van der Waals surface area contributed by atoms with Gasteiger partial charge in [0.05, 0.1) is 10.9 Å². The predicted octanol–water partition coefficient (Wildman–Crippen LogP) is 2.50. The van der Waals surface area contributed by atoms with E-state index in [4.69, 9.17) is 0 Å². The number of rotatable bonds is 3. The van der Waals surface area contributed by atoms with Gasteiger partial charge in [0.15, 0.2) is 0 Å². The zero-order chi connectivity index (χ0) is 13.3. The fourth-order valence-corrected chi connectivity index (χ4v) is 3.82. The van der Waals surface area contributed by atoms with Crippen molar-refractivity contribution in [2.45, 2.75) is 30.8 Å². The SMILES string of the molecule is C=C[C@@H]1C=C[C@@H](C)N1S(=O)(=O)c1ccc(C)cc1. The summed E-state index contributed by atoms with van der Waals surface area (Å²) in [5, 5.41) is 0. The van der Waals surface area contributed by atoms with Gasteiger partial charge in [-0.25, -0.2) is 8.42 Å². The van der Waals surface area contributed by atoms with Crippen molar-refractivity contribution in [1.82, 2.24) is 4.31 Å². The van der Waals surface area contributed by atoms with Crippen LogP contribution in [0.1, 0.15) is 12.5 Å². The van der Waals surface area contributed by atoms with Gasteiger partial charge in [0.1, 0.15) is 0 Å².